The van der Waals surface area contributed by atoms with E-state index in [0.717, 1.165) is 6.07 Å². The average molecular weight is 455 g/mol. The summed E-state index contributed by atoms with van der Waals surface area (Å²) < 4.78 is 79.3. The molecular weight excluding hydrogens is 436 g/mol. The lowest BCUT2D eigenvalue weighted by atomic mass is 10.1. The van der Waals surface area contributed by atoms with Crippen LogP contribution in [-0.4, -0.2) is 20.5 Å². The van der Waals surface area contributed by atoms with Gasteiger partial charge >= 0.3 is 12.4 Å². The minimum absolute atomic E-state index is 0.0438. The van der Waals surface area contributed by atoms with Gasteiger partial charge in [-0.15, -0.1) is 0 Å². The lowest BCUT2D eigenvalue weighted by Gasteiger charge is -2.22. The lowest BCUT2D eigenvalue weighted by molar-refractivity contribution is -0.142. The van der Waals surface area contributed by atoms with E-state index in [-0.39, 0.29) is 17.8 Å². The minimum atomic E-state index is -5.02. The highest BCUT2D eigenvalue weighted by Crippen LogP contribution is 2.40. The number of halogens is 6. The Morgan fingerprint density at radius 1 is 0.781 bits per heavy atom. The van der Waals surface area contributed by atoms with Crippen molar-refractivity contribution in [2.75, 3.05) is 10.6 Å². The first kappa shape index (κ1) is 23.3. The molecule has 0 amide bonds. The van der Waals surface area contributed by atoms with Gasteiger partial charge in [0.2, 0.25) is 5.95 Å². The number of aromatic nitrogens is 3. The van der Waals surface area contributed by atoms with Crippen LogP contribution in [0.3, 0.4) is 0 Å². The quantitative estimate of drug-likeness (QED) is 0.438. The molecule has 170 valence electrons. The maximum atomic E-state index is 13.5. The van der Waals surface area contributed by atoms with Gasteiger partial charge in [0.25, 0.3) is 0 Å². The summed E-state index contributed by atoms with van der Waals surface area (Å²) in [6, 6.07) is 7.80. The Bertz CT molecular complexity index is 1090. The van der Waals surface area contributed by atoms with Crippen LogP contribution in [0.15, 0.2) is 48.7 Å². The molecule has 0 atom stereocenters. The van der Waals surface area contributed by atoms with Gasteiger partial charge in [-0.3, -0.25) is 4.98 Å². The minimum Gasteiger partial charge on any atom is -0.350 e. The number of rotatable bonds is 4. The van der Waals surface area contributed by atoms with Crippen molar-refractivity contribution in [1.82, 2.24) is 15.0 Å². The molecule has 2 heterocycles. The first-order chi connectivity index (χ1) is 14.7. The van der Waals surface area contributed by atoms with Crippen molar-refractivity contribution in [3.63, 3.8) is 0 Å². The van der Waals surface area contributed by atoms with Crippen molar-refractivity contribution in [1.29, 1.82) is 0 Å². The summed E-state index contributed by atoms with van der Waals surface area (Å²) in [4.78, 5) is 12.7. The van der Waals surface area contributed by atoms with Gasteiger partial charge in [-0.05, 0) is 51.1 Å². The number of benzene rings is 1. The molecule has 0 fully saturated rings. The normalized spacial score (nSPS) is 12.5. The molecule has 0 saturated carbocycles. The lowest BCUT2D eigenvalue weighted by Crippen LogP contribution is -2.27. The number of pyridine rings is 1. The zero-order chi connectivity index (χ0) is 23.7. The van der Waals surface area contributed by atoms with Crippen LogP contribution in [0.5, 0.6) is 0 Å². The summed E-state index contributed by atoms with van der Waals surface area (Å²) >= 11 is 0. The third-order valence-electron chi connectivity index (χ3n) is 4.06. The van der Waals surface area contributed by atoms with Gasteiger partial charge < -0.3 is 10.6 Å². The molecule has 3 aromatic rings. The largest absolute Gasteiger partial charge is 0.418 e. The second kappa shape index (κ2) is 8.29. The second-order valence-corrected chi connectivity index (χ2v) is 7.93. The van der Waals surface area contributed by atoms with E-state index in [1.807, 2.05) is 20.8 Å². The van der Waals surface area contributed by atoms with Crippen LogP contribution in [0.1, 0.15) is 31.9 Å². The van der Waals surface area contributed by atoms with E-state index in [1.165, 1.54) is 12.3 Å². The Hall–Kier alpha value is -3.37. The number of anilines is 3. The first-order valence-electron chi connectivity index (χ1n) is 9.36. The van der Waals surface area contributed by atoms with E-state index in [4.69, 9.17) is 0 Å². The van der Waals surface area contributed by atoms with Crippen LogP contribution < -0.4 is 10.6 Å². The molecular formula is C21H19F6N5. The van der Waals surface area contributed by atoms with Gasteiger partial charge in [-0.2, -0.15) is 31.3 Å². The molecule has 0 aliphatic carbocycles. The molecule has 0 aliphatic rings. The zero-order valence-corrected chi connectivity index (χ0v) is 17.2. The topological polar surface area (TPSA) is 62.7 Å². The van der Waals surface area contributed by atoms with Crippen LogP contribution in [0.2, 0.25) is 0 Å². The van der Waals surface area contributed by atoms with Crippen molar-refractivity contribution in [3.8, 4) is 11.4 Å². The molecule has 11 heteroatoms. The maximum Gasteiger partial charge on any atom is 0.418 e. The smallest absolute Gasteiger partial charge is 0.350 e. The van der Waals surface area contributed by atoms with Crippen LogP contribution in [0.4, 0.5) is 43.8 Å². The summed E-state index contributed by atoms with van der Waals surface area (Å²) in [6.45, 7) is 5.53. The predicted molar refractivity (Wildman–Crippen MR) is 108 cm³/mol. The molecule has 2 N–H and O–H groups in total. The summed E-state index contributed by atoms with van der Waals surface area (Å²) in [7, 11) is 0. The molecule has 0 saturated heterocycles. The van der Waals surface area contributed by atoms with Crippen LogP contribution in [0, 0.1) is 0 Å². The monoisotopic (exact) mass is 455 g/mol. The van der Waals surface area contributed by atoms with E-state index >= 15 is 0 Å². The van der Waals surface area contributed by atoms with Gasteiger partial charge in [-0.25, -0.2) is 4.98 Å². The molecule has 0 unspecified atom stereocenters. The van der Waals surface area contributed by atoms with Crippen LogP contribution in [-0.2, 0) is 12.4 Å². The fourth-order valence-electron chi connectivity index (χ4n) is 2.75. The third-order valence-corrected chi connectivity index (χ3v) is 4.06. The number of hydrogen-bond acceptors (Lipinski definition) is 5. The molecule has 0 bridgehead atoms. The SMILES string of the molecule is CC(C)(C)Nc1nc(Nc2ccc(C(F)(F)F)cc2C(F)(F)F)cc(-c2ccccn2)n1. The Morgan fingerprint density at radius 3 is 2.06 bits per heavy atom. The van der Waals surface area contributed by atoms with E-state index < -0.39 is 34.7 Å². The van der Waals surface area contributed by atoms with E-state index in [9.17, 15) is 26.3 Å². The van der Waals surface area contributed by atoms with Gasteiger partial charge in [-0.1, -0.05) is 6.07 Å². The number of nitrogens with zero attached hydrogens (tertiary/aromatic N) is 3. The van der Waals surface area contributed by atoms with Crippen molar-refractivity contribution in [2.24, 2.45) is 0 Å². The molecule has 3 rings (SSSR count). The number of nitrogens with one attached hydrogen (secondary N) is 2. The number of hydrogen-bond donors (Lipinski definition) is 2. The second-order valence-electron chi connectivity index (χ2n) is 7.93. The highest BCUT2D eigenvalue weighted by Gasteiger charge is 2.38. The summed E-state index contributed by atoms with van der Waals surface area (Å²) in [5, 5.41) is 5.52. The molecule has 2 aromatic heterocycles. The van der Waals surface area contributed by atoms with E-state index in [2.05, 4.69) is 25.6 Å². The Balaban J connectivity index is 2.09. The molecule has 1 aromatic carbocycles. The van der Waals surface area contributed by atoms with Crippen LogP contribution in [0.25, 0.3) is 11.4 Å². The Morgan fingerprint density at radius 2 is 1.50 bits per heavy atom. The predicted octanol–water partition coefficient (Wildman–Crippen LogP) is 6.53. The van der Waals surface area contributed by atoms with E-state index in [0.29, 0.717) is 17.5 Å². The summed E-state index contributed by atoms with van der Waals surface area (Å²) in [5.74, 6) is 0.0706. The maximum absolute atomic E-state index is 13.5. The van der Waals surface area contributed by atoms with Gasteiger partial charge in [0.05, 0.1) is 28.2 Å². The third kappa shape index (κ3) is 5.86. The molecule has 0 aliphatic heterocycles. The first-order valence-corrected chi connectivity index (χ1v) is 9.36. The van der Waals surface area contributed by atoms with Crippen molar-refractivity contribution in [2.45, 2.75) is 38.7 Å². The Kier molecular flexibility index (Phi) is 6.03. The van der Waals surface area contributed by atoms with Crippen molar-refractivity contribution < 1.29 is 26.3 Å². The van der Waals surface area contributed by atoms with E-state index in [1.54, 1.807) is 18.2 Å². The highest BCUT2D eigenvalue weighted by atomic mass is 19.4. The van der Waals surface area contributed by atoms with Gasteiger partial charge in [0.1, 0.15) is 5.82 Å². The fraction of sp³-hybridized carbons (Fsp3) is 0.286. The molecule has 5 nitrogen and oxygen atoms in total. The van der Waals surface area contributed by atoms with Crippen molar-refractivity contribution in [3.05, 3.63) is 59.8 Å². The molecule has 0 radical (unpaired) electrons. The summed E-state index contributed by atoms with van der Waals surface area (Å²) in [6.07, 6.45) is -8.41. The van der Waals surface area contributed by atoms with Gasteiger partial charge in [0.15, 0.2) is 0 Å². The van der Waals surface area contributed by atoms with Gasteiger partial charge in [0, 0.05) is 17.8 Å². The summed E-state index contributed by atoms with van der Waals surface area (Å²) in [5.41, 5.74) is -3.14. The average Bonchev–Trinajstić information content (AvgIpc) is 2.65. The highest BCUT2D eigenvalue weighted by molar-refractivity contribution is 5.68. The molecule has 32 heavy (non-hydrogen) atoms. The van der Waals surface area contributed by atoms with Crippen LogP contribution >= 0.6 is 0 Å². The van der Waals surface area contributed by atoms with Crippen molar-refractivity contribution >= 4 is 17.5 Å². The number of alkyl halides is 6. The standard InChI is InChI=1S/C21H19F6N5/c1-19(2,3)32-18-30-16(15-6-4-5-9-28-15)11-17(31-18)29-14-8-7-12(20(22,23)24)10-13(14)21(25,26)27/h4-11H,1-3H3,(H2,29,30,31,32). The fourth-order valence-corrected chi connectivity index (χ4v) is 2.75. The Labute approximate surface area is 179 Å². The zero-order valence-electron chi connectivity index (χ0n) is 17.2. The molecule has 0 spiro atoms.